The molecule has 92 valence electrons. The Hall–Kier alpha value is -0.640. The van der Waals surface area contributed by atoms with Crippen molar-refractivity contribution < 1.29 is 4.79 Å². The molecule has 0 aromatic heterocycles. The summed E-state index contributed by atoms with van der Waals surface area (Å²) in [4.78, 5) is 12.4. The fourth-order valence-corrected chi connectivity index (χ4v) is 2.39. The molecule has 1 aliphatic rings. The van der Waals surface area contributed by atoms with E-state index in [1.807, 2.05) is 13.8 Å². The van der Waals surface area contributed by atoms with Crippen molar-refractivity contribution in [3.05, 3.63) is 0 Å². The Morgan fingerprint density at radius 1 is 1.44 bits per heavy atom. The summed E-state index contributed by atoms with van der Waals surface area (Å²) < 4.78 is 0. The Morgan fingerprint density at radius 3 is 2.44 bits per heavy atom. The van der Waals surface area contributed by atoms with Crippen LogP contribution in [0.1, 0.15) is 52.4 Å². The molecular weight excluding hydrogens is 220 g/mol. The third kappa shape index (κ3) is 2.94. The van der Waals surface area contributed by atoms with Crippen molar-refractivity contribution in [1.29, 1.82) is 0 Å². The topological polar surface area (TPSA) is 55.1 Å². The third-order valence-electron chi connectivity index (χ3n) is 3.60. The van der Waals surface area contributed by atoms with Crippen LogP contribution < -0.4 is 11.1 Å². The standard InChI is InChI=1S/C12H22N2OS/c1-3-9(2)10(15)14-12(11(13)16)7-5-4-6-8-12/h9H,3-8H2,1-2H3,(H2,13,16)(H,14,15). The van der Waals surface area contributed by atoms with Gasteiger partial charge in [-0.3, -0.25) is 4.79 Å². The second-order valence-corrected chi connectivity index (χ2v) is 5.25. The molecule has 0 aromatic carbocycles. The zero-order valence-corrected chi connectivity index (χ0v) is 11.0. The van der Waals surface area contributed by atoms with Crippen LogP contribution in [-0.4, -0.2) is 16.4 Å². The Kier molecular flexibility index (Phi) is 4.71. The predicted molar refractivity (Wildman–Crippen MR) is 70.2 cm³/mol. The number of amides is 1. The first-order valence-electron chi connectivity index (χ1n) is 6.14. The van der Waals surface area contributed by atoms with Gasteiger partial charge in [0.15, 0.2) is 0 Å². The van der Waals surface area contributed by atoms with Crippen molar-refractivity contribution >= 4 is 23.1 Å². The number of carbonyl (C=O) groups excluding carboxylic acids is 1. The van der Waals surface area contributed by atoms with Gasteiger partial charge in [0.1, 0.15) is 0 Å². The number of thiocarbonyl (C=S) groups is 1. The van der Waals surface area contributed by atoms with E-state index in [2.05, 4.69) is 5.32 Å². The molecule has 0 saturated heterocycles. The number of rotatable bonds is 4. The van der Waals surface area contributed by atoms with E-state index in [-0.39, 0.29) is 11.8 Å². The highest BCUT2D eigenvalue weighted by atomic mass is 32.1. The van der Waals surface area contributed by atoms with Crippen LogP contribution in [0.4, 0.5) is 0 Å². The van der Waals surface area contributed by atoms with Crippen LogP contribution in [0, 0.1) is 5.92 Å². The van der Waals surface area contributed by atoms with Gasteiger partial charge in [0.25, 0.3) is 0 Å². The molecule has 0 aliphatic heterocycles. The molecule has 4 heteroatoms. The lowest BCUT2D eigenvalue weighted by Crippen LogP contribution is -2.58. The highest BCUT2D eigenvalue weighted by molar-refractivity contribution is 7.80. The van der Waals surface area contributed by atoms with E-state index in [9.17, 15) is 4.79 Å². The maximum Gasteiger partial charge on any atom is 0.223 e. The fourth-order valence-electron chi connectivity index (χ4n) is 2.13. The molecule has 3 N–H and O–H groups in total. The van der Waals surface area contributed by atoms with Crippen LogP contribution in [-0.2, 0) is 4.79 Å². The number of nitrogens with two attached hydrogens (primary N) is 1. The molecule has 1 saturated carbocycles. The van der Waals surface area contributed by atoms with E-state index < -0.39 is 5.54 Å². The minimum absolute atomic E-state index is 0.0353. The third-order valence-corrected chi connectivity index (χ3v) is 3.99. The second kappa shape index (κ2) is 5.62. The average molecular weight is 242 g/mol. The molecule has 1 rings (SSSR count). The lowest BCUT2D eigenvalue weighted by Gasteiger charge is -2.37. The zero-order valence-electron chi connectivity index (χ0n) is 10.2. The summed E-state index contributed by atoms with van der Waals surface area (Å²) in [5.41, 5.74) is 5.40. The van der Waals surface area contributed by atoms with Crippen LogP contribution in [0.2, 0.25) is 0 Å². The molecule has 1 aliphatic carbocycles. The number of carbonyl (C=O) groups is 1. The summed E-state index contributed by atoms with van der Waals surface area (Å²) in [5, 5.41) is 3.08. The molecule has 1 amide bonds. The monoisotopic (exact) mass is 242 g/mol. The molecule has 0 heterocycles. The molecule has 1 fully saturated rings. The molecular formula is C12H22N2OS. The van der Waals surface area contributed by atoms with Crippen LogP contribution in [0.5, 0.6) is 0 Å². The number of hydrogen-bond acceptors (Lipinski definition) is 2. The normalized spacial score (nSPS) is 21.1. The summed E-state index contributed by atoms with van der Waals surface area (Å²) in [6.07, 6.45) is 6.04. The molecule has 3 nitrogen and oxygen atoms in total. The summed E-state index contributed by atoms with van der Waals surface area (Å²) in [6, 6.07) is 0. The first kappa shape index (κ1) is 13.4. The Balaban J connectivity index is 2.71. The SMILES string of the molecule is CCC(C)C(=O)NC1(C(N)=S)CCCCC1. The number of nitrogens with one attached hydrogen (secondary N) is 1. The van der Waals surface area contributed by atoms with E-state index in [1.54, 1.807) is 0 Å². The smallest absolute Gasteiger partial charge is 0.223 e. The zero-order chi connectivity index (χ0) is 12.2. The van der Waals surface area contributed by atoms with E-state index in [1.165, 1.54) is 6.42 Å². The van der Waals surface area contributed by atoms with Gasteiger partial charge in [-0.2, -0.15) is 0 Å². The maximum atomic E-state index is 11.9. The largest absolute Gasteiger partial charge is 0.391 e. The highest BCUT2D eigenvalue weighted by Crippen LogP contribution is 2.29. The Bertz CT molecular complexity index is 272. The van der Waals surface area contributed by atoms with Gasteiger partial charge in [-0.15, -0.1) is 0 Å². The van der Waals surface area contributed by atoms with Crippen LogP contribution >= 0.6 is 12.2 Å². The lowest BCUT2D eigenvalue weighted by molar-refractivity contribution is -0.126. The minimum Gasteiger partial charge on any atom is -0.391 e. The van der Waals surface area contributed by atoms with E-state index in [0.29, 0.717) is 4.99 Å². The van der Waals surface area contributed by atoms with Crippen molar-refractivity contribution in [3.8, 4) is 0 Å². The molecule has 0 bridgehead atoms. The molecule has 0 radical (unpaired) electrons. The van der Waals surface area contributed by atoms with Crippen molar-refractivity contribution in [2.45, 2.75) is 57.9 Å². The molecule has 16 heavy (non-hydrogen) atoms. The van der Waals surface area contributed by atoms with Gasteiger partial charge < -0.3 is 11.1 Å². The van der Waals surface area contributed by atoms with Gasteiger partial charge >= 0.3 is 0 Å². The highest BCUT2D eigenvalue weighted by Gasteiger charge is 2.36. The van der Waals surface area contributed by atoms with Gasteiger partial charge in [-0.1, -0.05) is 45.3 Å². The molecule has 0 spiro atoms. The molecule has 0 aromatic rings. The molecule has 1 atom stereocenters. The van der Waals surface area contributed by atoms with Crippen LogP contribution in [0.3, 0.4) is 0 Å². The maximum absolute atomic E-state index is 11.9. The van der Waals surface area contributed by atoms with Gasteiger partial charge in [-0.25, -0.2) is 0 Å². The quantitative estimate of drug-likeness (QED) is 0.743. The lowest BCUT2D eigenvalue weighted by atomic mass is 9.81. The predicted octanol–water partition coefficient (Wildman–Crippen LogP) is 2.14. The van der Waals surface area contributed by atoms with Gasteiger partial charge in [0.2, 0.25) is 5.91 Å². The van der Waals surface area contributed by atoms with Crippen molar-refractivity contribution in [3.63, 3.8) is 0 Å². The second-order valence-electron chi connectivity index (χ2n) is 4.81. The van der Waals surface area contributed by atoms with E-state index >= 15 is 0 Å². The Morgan fingerprint density at radius 2 is 2.00 bits per heavy atom. The van der Waals surface area contributed by atoms with Crippen LogP contribution in [0.25, 0.3) is 0 Å². The van der Waals surface area contributed by atoms with Gasteiger partial charge in [0, 0.05) is 5.92 Å². The van der Waals surface area contributed by atoms with Crippen molar-refractivity contribution in [1.82, 2.24) is 5.32 Å². The van der Waals surface area contributed by atoms with E-state index in [0.717, 1.165) is 32.1 Å². The van der Waals surface area contributed by atoms with Gasteiger partial charge in [-0.05, 0) is 19.3 Å². The summed E-state index contributed by atoms with van der Waals surface area (Å²) in [7, 11) is 0. The number of hydrogen-bond donors (Lipinski definition) is 2. The summed E-state index contributed by atoms with van der Waals surface area (Å²) >= 11 is 5.13. The first-order valence-corrected chi connectivity index (χ1v) is 6.54. The fraction of sp³-hybridized carbons (Fsp3) is 0.833. The minimum atomic E-state index is -0.409. The van der Waals surface area contributed by atoms with Crippen LogP contribution in [0.15, 0.2) is 0 Å². The summed E-state index contributed by atoms with van der Waals surface area (Å²) in [5.74, 6) is 0.116. The Labute approximate surface area is 103 Å². The van der Waals surface area contributed by atoms with Gasteiger partial charge in [0.05, 0.1) is 10.5 Å². The van der Waals surface area contributed by atoms with E-state index in [4.69, 9.17) is 18.0 Å². The van der Waals surface area contributed by atoms with Crippen molar-refractivity contribution in [2.75, 3.05) is 0 Å². The average Bonchev–Trinajstić information content (AvgIpc) is 2.28. The first-order chi connectivity index (χ1) is 7.52. The van der Waals surface area contributed by atoms with Crippen molar-refractivity contribution in [2.24, 2.45) is 11.7 Å². The summed E-state index contributed by atoms with van der Waals surface area (Å²) in [6.45, 7) is 3.95. The molecule has 1 unspecified atom stereocenters.